The van der Waals surface area contributed by atoms with Crippen LogP contribution in [-0.4, -0.2) is 73.4 Å². The lowest BCUT2D eigenvalue weighted by Crippen LogP contribution is -2.57. The van der Waals surface area contributed by atoms with E-state index in [1.54, 1.807) is 49.1 Å². The van der Waals surface area contributed by atoms with Crippen molar-refractivity contribution in [3.05, 3.63) is 70.3 Å². The smallest absolute Gasteiger partial charge is 0.264 e. The number of ether oxygens (including phenoxy) is 1. The van der Waals surface area contributed by atoms with Crippen molar-refractivity contribution in [2.75, 3.05) is 31.1 Å². The highest BCUT2D eigenvalue weighted by molar-refractivity contribution is 7.90. The highest BCUT2D eigenvalue weighted by atomic mass is 35.5. The van der Waals surface area contributed by atoms with Crippen LogP contribution in [0.3, 0.4) is 0 Å². The molecule has 3 aliphatic heterocycles. The summed E-state index contributed by atoms with van der Waals surface area (Å²) in [6, 6.07) is 10.3. The number of carbonyl (C=O) groups excluding carboxylic acids is 2. The summed E-state index contributed by atoms with van der Waals surface area (Å²) in [4.78, 5) is 30.6. The van der Waals surface area contributed by atoms with Gasteiger partial charge >= 0.3 is 0 Å². The molecule has 0 saturated carbocycles. The molecule has 2 amide bonds. The van der Waals surface area contributed by atoms with Crippen molar-refractivity contribution in [1.82, 2.24) is 9.62 Å². The van der Waals surface area contributed by atoms with Gasteiger partial charge in [0.25, 0.3) is 5.91 Å². The lowest BCUT2D eigenvalue weighted by molar-refractivity contribution is -0.138. The summed E-state index contributed by atoms with van der Waals surface area (Å²) in [5.41, 5.74) is 0.968. The molecule has 9 nitrogen and oxygen atoms in total. The number of amides is 2. The molecule has 1 fully saturated rings. The van der Waals surface area contributed by atoms with Crippen molar-refractivity contribution in [3.63, 3.8) is 0 Å². The van der Waals surface area contributed by atoms with Crippen molar-refractivity contribution in [3.8, 4) is 5.75 Å². The van der Waals surface area contributed by atoms with E-state index in [9.17, 15) is 23.1 Å². The zero-order valence-electron chi connectivity index (χ0n) is 26.1. The normalized spacial score (nSPS) is 31.8. The topological polar surface area (TPSA) is 116 Å². The Balaban J connectivity index is 1.51. The van der Waals surface area contributed by atoms with Crippen LogP contribution in [0.1, 0.15) is 74.4 Å². The van der Waals surface area contributed by atoms with E-state index >= 15 is 0 Å². The first-order valence-corrected chi connectivity index (χ1v) is 17.8. The number of hydrogen-bond acceptors (Lipinski definition) is 7. The standard InChI is InChI=1S/C34H42ClN3O6S/c1-22-7-4-14-34(41,19-31(39)37-15-6-16-37)24(3)38-20-33(13-5-8-25-17-27(35)10-11-28(25)33)21-44-30-12-9-26(18-29(30)38)32(40)36-45(42,43)23(22)2/h4,9-12,14,17-18,22-24,41H,5-8,13,15-16,19-21H2,1-3H3,(H,36,40)/b14-4+/t22-,23+,24?,33-,34?/m0/s1. The van der Waals surface area contributed by atoms with Gasteiger partial charge in [-0.25, -0.2) is 13.1 Å². The minimum Gasteiger partial charge on any atom is -0.490 e. The Hall–Kier alpha value is -3.08. The van der Waals surface area contributed by atoms with Gasteiger partial charge in [0.2, 0.25) is 15.9 Å². The highest BCUT2D eigenvalue weighted by Crippen LogP contribution is 2.46. The maximum Gasteiger partial charge on any atom is 0.264 e. The zero-order valence-corrected chi connectivity index (χ0v) is 27.7. The van der Waals surface area contributed by atoms with Gasteiger partial charge in [-0.3, -0.25) is 9.59 Å². The number of aryl methyl sites for hydroxylation is 1. The Morgan fingerprint density at radius 3 is 2.64 bits per heavy atom. The number of fused-ring (bicyclic) bond motifs is 3. The molecule has 1 aliphatic carbocycles. The van der Waals surface area contributed by atoms with Crippen molar-refractivity contribution in [1.29, 1.82) is 0 Å². The van der Waals surface area contributed by atoms with Gasteiger partial charge in [0, 0.05) is 35.6 Å². The fourth-order valence-corrected chi connectivity index (χ4v) is 8.66. The summed E-state index contributed by atoms with van der Waals surface area (Å²) in [5, 5.41) is 12.3. The number of anilines is 1. The predicted molar refractivity (Wildman–Crippen MR) is 174 cm³/mol. The van der Waals surface area contributed by atoms with Gasteiger partial charge in [0.15, 0.2) is 0 Å². The van der Waals surface area contributed by atoms with Gasteiger partial charge in [-0.15, -0.1) is 0 Å². The fraction of sp³-hybridized carbons (Fsp3) is 0.529. The van der Waals surface area contributed by atoms with E-state index in [1.807, 2.05) is 19.1 Å². The minimum absolute atomic E-state index is 0.126. The number of likely N-dealkylation sites (tertiary alicyclic amines) is 1. The Bertz CT molecular complexity index is 1640. The van der Waals surface area contributed by atoms with Crippen LogP contribution in [0, 0.1) is 5.92 Å². The molecule has 5 atom stereocenters. The number of halogens is 1. The average molecular weight is 656 g/mol. The number of rotatable bonds is 2. The second kappa shape index (κ2) is 11.9. The summed E-state index contributed by atoms with van der Waals surface area (Å²) in [6.45, 7) is 7.43. The molecule has 1 spiro atoms. The van der Waals surface area contributed by atoms with Crippen LogP contribution in [-0.2, 0) is 26.7 Å². The van der Waals surface area contributed by atoms with Crippen LogP contribution in [0.5, 0.6) is 5.75 Å². The summed E-state index contributed by atoms with van der Waals surface area (Å²) < 4.78 is 35.3. The first-order valence-electron chi connectivity index (χ1n) is 15.9. The predicted octanol–water partition coefficient (Wildman–Crippen LogP) is 4.60. The molecule has 242 valence electrons. The third-order valence-corrected chi connectivity index (χ3v) is 12.7. The number of nitrogens with zero attached hydrogens (tertiary/aromatic N) is 2. The molecule has 0 aromatic heterocycles. The van der Waals surface area contributed by atoms with Crippen LogP contribution in [0.4, 0.5) is 5.69 Å². The Morgan fingerprint density at radius 1 is 1.13 bits per heavy atom. The second-order valence-corrected chi connectivity index (χ2v) is 15.9. The van der Waals surface area contributed by atoms with E-state index in [1.165, 1.54) is 0 Å². The van der Waals surface area contributed by atoms with Crippen molar-refractivity contribution in [2.45, 2.75) is 81.6 Å². The van der Waals surface area contributed by atoms with Gasteiger partial charge in [-0.05, 0) is 93.3 Å². The van der Waals surface area contributed by atoms with Gasteiger partial charge in [0.1, 0.15) is 11.4 Å². The highest BCUT2D eigenvalue weighted by Gasteiger charge is 2.47. The third kappa shape index (κ3) is 5.97. The SMILES string of the molecule is CC1N2C[C@@]3(CCCc4cc(Cl)ccc43)COc3ccc(cc32)C(=O)NS(=O)(=O)[C@H](C)[C@@H](C)C/C=C/C1(O)CC(=O)N1CCC1. The molecule has 3 heterocycles. The largest absolute Gasteiger partial charge is 0.490 e. The second-order valence-electron chi connectivity index (χ2n) is 13.4. The zero-order chi connectivity index (χ0) is 32.1. The van der Waals surface area contributed by atoms with Crippen LogP contribution >= 0.6 is 11.6 Å². The monoisotopic (exact) mass is 655 g/mol. The molecule has 2 unspecified atom stereocenters. The Morgan fingerprint density at radius 2 is 1.91 bits per heavy atom. The van der Waals surface area contributed by atoms with E-state index in [-0.39, 0.29) is 23.8 Å². The third-order valence-electron chi connectivity index (χ3n) is 10.5. The molecule has 45 heavy (non-hydrogen) atoms. The molecule has 11 heteroatoms. The summed E-state index contributed by atoms with van der Waals surface area (Å²) in [7, 11) is -4.00. The van der Waals surface area contributed by atoms with E-state index in [0.29, 0.717) is 49.1 Å². The van der Waals surface area contributed by atoms with Gasteiger partial charge in [-0.2, -0.15) is 0 Å². The van der Waals surface area contributed by atoms with Gasteiger partial charge in [-0.1, -0.05) is 36.7 Å². The molecule has 2 aromatic carbocycles. The first-order chi connectivity index (χ1) is 21.3. The Kier molecular flexibility index (Phi) is 8.46. The number of sulfonamides is 1. The van der Waals surface area contributed by atoms with E-state index in [2.05, 4.69) is 15.7 Å². The number of benzene rings is 2. The van der Waals surface area contributed by atoms with Gasteiger partial charge < -0.3 is 19.6 Å². The molecular formula is C34H42ClN3O6S. The molecule has 2 aromatic rings. The quantitative estimate of drug-likeness (QED) is 0.455. The Labute approximate surface area is 270 Å². The lowest BCUT2D eigenvalue weighted by Gasteiger charge is -2.46. The number of hydrogen-bond donors (Lipinski definition) is 2. The summed E-state index contributed by atoms with van der Waals surface area (Å²) in [5.74, 6) is -0.693. The molecular weight excluding hydrogens is 614 g/mol. The van der Waals surface area contributed by atoms with Crippen LogP contribution in [0.2, 0.25) is 5.02 Å². The van der Waals surface area contributed by atoms with Crippen LogP contribution in [0.25, 0.3) is 0 Å². The molecule has 0 radical (unpaired) electrons. The fourth-order valence-electron chi connectivity index (χ4n) is 7.18. The number of carbonyl (C=O) groups is 2. The number of nitrogens with one attached hydrogen (secondary N) is 1. The minimum atomic E-state index is -4.00. The summed E-state index contributed by atoms with van der Waals surface area (Å²) >= 11 is 6.41. The molecule has 4 aliphatic rings. The first kappa shape index (κ1) is 31.9. The maximum atomic E-state index is 13.4. The number of allylic oxidation sites excluding steroid dienone is 1. The van der Waals surface area contributed by atoms with Crippen LogP contribution in [0.15, 0.2) is 48.6 Å². The van der Waals surface area contributed by atoms with E-state index < -0.39 is 38.2 Å². The van der Waals surface area contributed by atoms with E-state index in [0.717, 1.165) is 36.8 Å². The van der Waals surface area contributed by atoms with Gasteiger partial charge in [0.05, 0.1) is 30.0 Å². The van der Waals surface area contributed by atoms with Crippen molar-refractivity contribution < 1.29 is 27.9 Å². The van der Waals surface area contributed by atoms with Crippen molar-refractivity contribution >= 4 is 39.1 Å². The van der Waals surface area contributed by atoms with Crippen molar-refractivity contribution in [2.24, 2.45) is 5.92 Å². The summed E-state index contributed by atoms with van der Waals surface area (Å²) in [6.07, 6.45) is 7.27. The lowest BCUT2D eigenvalue weighted by atomic mass is 9.69. The molecule has 6 rings (SSSR count). The number of aliphatic hydroxyl groups is 1. The molecule has 1 saturated heterocycles. The average Bonchev–Trinajstić information content (AvgIpc) is 3.11. The van der Waals surface area contributed by atoms with E-state index in [4.69, 9.17) is 16.3 Å². The molecule has 2 bridgehead atoms. The van der Waals surface area contributed by atoms with Crippen LogP contribution < -0.4 is 14.4 Å². The maximum absolute atomic E-state index is 13.4. The molecule has 2 N–H and O–H groups in total.